The lowest BCUT2D eigenvalue weighted by Gasteiger charge is -2.33. The van der Waals surface area contributed by atoms with Gasteiger partial charge in [0.1, 0.15) is 0 Å². The Kier molecular flexibility index (Phi) is 4.64. The number of hydrogen-bond acceptors (Lipinski definition) is 4. The standard InChI is InChI=1S/C21H32N2O3/c1-15-17(22-19(24)26-3)20(11-14-23-12-7-4-8-13-23)16-9-5-6-10-21(16,20)18(15)25-2/h5-6,9-10,15-18H,4,7-8,11-14H2,1-3H3,(H,22,24)/t15-,16+,17-,18+,20-,21+/m1/s1. The fraction of sp³-hybridized carbons (Fsp3) is 0.762. The van der Waals surface area contributed by atoms with Gasteiger partial charge in [0.25, 0.3) is 0 Å². The SMILES string of the molecule is COC(=O)N[C@@H]1[C@@H](C)[C@H](OC)[C@]23C=CC=C[C@H]2[C@]13CCN1CCCCC1. The second kappa shape index (κ2) is 6.68. The van der Waals surface area contributed by atoms with Crippen molar-refractivity contribution in [3.8, 4) is 0 Å². The van der Waals surface area contributed by atoms with E-state index in [4.69, 9.17) is 9.47 Å². The first-order valence-corrected chi connectivity index (χ1v) is 10.1. The van der Waals surface area contributed by atoms with Crippen LogP contribution in [0.3, 0.4) is 0 Å². The third-order valence-electron chi connectivity index (χ3n) is 7.61. The molecular formula is C21H32N2O3. The molecule has 5 nitrogen and oxygen atoms in total. The summed E-state index contributed by atoms with van der Waals surface area (Å²) in [6.45, 7) is 5.72. The minimum atomic E-state index is -0.331. The topological polar surface area (TPSA) is 50.8 Å². The molecule has 6 atom stereocenters. The van der Waals surface area contributed by atoms with Gasteiger partial charge in [-0.1, -0.05) is 37.6 Å². The van der Waals surface area contributed by atoms with Crippen molar-refractivity contribution in [2.24, 2.45) is 22.7 Å². The Morgan fingerprint density at radius 2 is 2.00 bits per heavy atom. The Labute approximate surface area is 156 Å². The summed E-state index contributed by atoms with van der Waals surface area (Å²) < 4.78 is 11.0. The molecule has 3 aliphatic carbocycles. The molecular weight excluding hydrogens is 328 g/mol. The zero-order valence-corrected chi connectivity index (χ0v) is 16.2. The summed E-state index contributed by atoms with van der Waals surface area (Å²) >= 11 is 0. The van der Waals surface area contributed by atoms with Gasteiger partial charge in [0, 0.05) is 29.9 Å². The highest BCUT2D eigenvalue weighted by Crippen LogP contribution is 2.82. The van der Waals surface area contributed by atoms with E-state index in [0.717, 1.165) is 13.0 Å². The zero-order chi connectivity index (χ0) is 18.4. The number of nitrogens with one attached hydrogen (secondary N) is 1. The number of allylic oxidation sites excluding steroid dienone is 3. The lowest BCUT2D eigenvalue weighted by molar-refractivity contribution is 0.0253. The molecule has 1 saturated heterocycles. The highest BCUT2D eigenvalue weighted by molar-refractivity contribution is 5.68. The largest absolute Gasteiger partial charge is 0.453 e. The summed E-state index contributed by atoms with van der Waals surface area (Å²) in [5, 5.41) is 3.19. The molecule has 4 aliphatic rings. The summed E-state index contributed by atoms with van der Waals surface area (Å²) in [7, 11) is 3.26. The third kappa shape index (κ3) is 2.32. The van der Waals surface area contributed by atoms with Crippen LogP contribution in [0.1, 0.15) is 32.6 Å². The smallest absolute Gasteiger partial charge is 0.407 e. The molecule has 1 amide bonds. The van der Waals surface area contributed by atoms with Crippen LogP contribution in [-0.2, 0) is 9.47 Å². The van der Waals surface area contributed by atoms with E-state index in [1.54, 1.807) is 0 Å². The number of hydrogen-bond donors (Lipinski definition) is 1. The molecule has 5 heteroatoms. The molecule has 0 radical (unpaired) electrons. The minimum absolute atomic E-state index is 0.0113. The van der Waals surface area contributed by atoms with Crippen LogP contribution in [0.25, 0.3) is 0 Å². The second-order valence-electron chi connectivity index (χ2n) is 8.48. The Morgan fingerprint density at radius 3 is 2.69 bits per heavy atom. The van der Waals surface area contributed by atoms with Crippen LogP contribution in [0, 0.1) is 22.7 Å². The molecule has 0 bridgehead atoms. The van der Waals surface area contributed by atoms with Crippen molar-refractivity contribution in [2.75, 3.05) is 33.9 Å². The quantitative estimate of drug-likeness (QED) is 0.819. The molecule has 1 N–H and O–H groups in total. The van der Waals surface area contributed by atoms with E-state index in [1.807, 2.05) is 7.11 Å². The average Bonchev–Trinajstić information content (AvgIpc) is 3.22. The number of methoxy groups -OCH3 is 2. The van der Waals surface area contributed by atoms with Crippen molar-refractivity contribution in [2.45, 2.75) is 44.8 Å². The van der Waals surface area contributed by atoms with E-state index >= 15 is 0 Å². The van der Waals surface area contributed by atoms with Gasteiger partial charge in [-0.05, 0) is 44.8 Å². The molecule has 4 rings (SSSR count). The maximum atomic E-state index is 12.1. The second-order valence-corrected chi connectivity index (χ2v) is 8.48. The number of fused-ring (bicyclic) bond motifs is 1. The van der Waals surface area contributed by atoms with Gasteiger partial charge in [0.05, 0.1) is 13.2 Å². The molecule has 1 heterocycles. The predicted octanol–water partition coefficient (Wildman–Crippen LogP) is 2.98. The van der Waals surface area contributed by atoms with Gasteiger partial charge in [-0.25, -0.2) is 4.79 Å². The summed E-state index contributed by atoms with van der Waals surface area (Å²) in [6, 6.07) is 0.0714. The number of amides is 1. The molecule has 2 saturated carbocycles. The van der Waals surface area contributed by atoms with Crippen LogP contribution in [0.2, 0.25) is 0 Å². The van der Waals surface area contributed by atoms with E-state index in [0.29, 0.717) is 5.92 Å². The highest BCUT2D eigenvalue weighted by atomic mass is 16.5. The number of alkyl carbamates (subject to hydrolysis) is 1. The Hall–Kier alpha value is -1.33. The van der Waals surface area contributed by atoms with Gasteiger partial charge in [0.2, 0.25) is 0 Å². The molecule has 26 heavy (non-hydrogen) atoms. The highest BCUT2D eigenvalue weighted by Gasteiger charge is 2.85. The van der Waals surface area contributed by atoms with Crippen molar-refractivity contribution in [3.63, 3.8) is 0 Å². The summed E-state index contributed by atoms with van der Waals surface area (Å²) in [5.74, 6) is 0.695. The first-order chi connectivity index (χ1) is 12.6. The lowest BCUT2D eigenvalue weighted by Crippen LogP contribution is -2.47. The van der Waals surface area contributed by atoms with Crippen molar-refractivity contribution in [1.82, 2.24) is 10.2 Å². The van der Waals surface area contributed by atoms with E-state index < -0.39 is 0 Å². The van der Waals surface area contributed by atoms with E-state index in [9.17, 15) is 4.79 Å². The maximum absolute atomic E-state index is 12.1. The Balaban J connectivity index is 1.63. The number of likely N-dealkylation sites (tertiary alicyclic amines) is 1. The van der Waals surface area contributed by atoms with Gasteiger partial charge in [-0.2, -0.15) is 0 Å². The predicted molar refractivity (Wildman–Crippen MR) is 101 cm³/mol. The molecule has 3 fully saturated rings. The van der Waals surface area contributed by atoms with Crippen LogP contribution in [0.5, 0.6) is 0 Å². The zero-order valence-electron chi connectivity index (χ0n) is 16.2. The Bertz CT molecular complexity index is 612. The van der Waals surface area contributed by atoms with Gasteiger partial charge in [-0.15, -0.1) is 0 Å². The fourth-order valence-electron chi connectivity index (χ4n) is 6.61. The number of rotatable bonds is 5. The molecule has 1 spiro atoms. The molecule has 0 unspecified atom stereocenters. The maximum Gasteiger partial charge on any atom is 0.407 e. The van der Waals surface area contributed by atoms with Crippen molar-refractivity contribution >= 4 is 6.09 Å². The number of carbonyl (C=O) groups excluding carboxylic acids is 1. The summed E-state index contributed by atoms with van der Waals surface area (Å²) in [6.07, 6.45) is 13.9. The molecule has 0 aromatic carbocycles. The van der Waals surface area contributed by atoms with E-state index in [2.05, 4.69) is 41.4 Å². The van der Waals surface area contributed by atoms with Crippen LogP contribution in [0.4, 0.5) is 4.79 Å². The van der Waals surface area contributed by atoms with Crippen LogP contribution < -0.4 is 5.32 Å². The van der Waals surface area contributed by atoms with Crippen LogP contribution in [-0.4, -0.2) is 57.0 Å². The fourth-order valence-corrected chi connectivity index (χ4v) is 6.61. The van der Waals surface area contributed by atoms with E-state index in [1.165, 1.54) is 39.5 Å². The summed E-state index contributed by atoms with van der Waals surface area (Å²) in [4.78, 5) is 14.7. The van der Waals surface area contributed by atoms with Crippen molar-refractivity contribution in [3.05, 3.63) is 24.3 Å². The minimum Gasteiger partial charge on any atom is -0.453 e. The summed E-state index contributed by atoms with van der Waals surface area (Å²) in [5.41, 5.74) is 0.0413. The molecule has 0 aromatic rings. The van der Waals surface area contributed by atoms with Crippen LogP contribution in [0.15, 0.2) is 24.3 Å². The normalized spacial score (nSPS) is 43.7. The lowest BCUT2D eigenvalue weighted by atomic mass is 9.84. The molecule has 144 valence electrons. The Morgan fingerprint density at radius 1 is 1.23 bits per heavy atom. The van der Waals surface area contributed by atoms with Gasteiger partial charge in [-0.3, -0.25) is 0 Å². The monoisotopic (exact) mass is 360 g/mol. The molecule has 1 aliphatic heterocycles. The number of ether oxygens (including phenoxy) is 2. The number of piperidine rings is 1. The number of carbonyl (C=O) groups is 1. The average molecular weight is 360 g/mol. The molecule has 0 aromatic heterocycles. The van der Waals surface area contributed by atoms with Gasteiger partial charge < -0.3 is 19.7 Å². The first-order valence-electron chi connectivity index (χ1n) is 10.1. The van der Waals surface area contributed by atoms with Gasteiger partial charge >= 0.3 is 6.09 Å². The van der Waals surface area contributed by atoms with Crippen molar-refractivity contribution < 1.29 is 14.3 Å². The first kappa shape index (κ1) is 18.1. The van der Waals surface area contributed by atoms with E-state index in [-0.39, 0.29) is 35.0 Å². The van der Waals surface area contributed by atoms with Crippen LogP contribution >= 0.6 is 0 Å². The van der Waals surface area contributed by atoms with Gasteiger partial charge in [0.15, 0.2) is 0 Å². The third-order valence-corrected chi connectivity index (χ3v) is 7.61. The number of nitrogens with zero attached hydrogens (tertiary/aromatic N) is 1. The van der Waals surface area contributed by atoms with Crippen molar-refractivity contribution in [1.29, 1.82) is 0 Å².